The second-order valence-corrected chi connectivity index (χ2v) is 2.88. The molecule has 0 unspecified atom stereocenters. The molecule has 0 aliphatic heterocycles. The second-order valence-electron chi connectivity index (χ2n) is 2.88. The van der Waals surface area contributed by atoms with Gasteiger partial charge in [0.05, 0.1) is 11.3 Å². The van der Waals surface area contributed by atoms with Crippen LogP contribution in [0.1, 0.15) is 18.1 Å². The van der Waals surface area contributed by atoms with Crippen molar-refractivity contribution in [1.29, 1.82) is 10.7 Å². The van der Waals surface area contributed by atoms with Crippen LogP contribution in [0, 0.1) is 16.7 Å². The van der Waals surface area contributed by atoms with E-state index < -0.39 is 0 Å². The Hall–Kier alpha value is -2.15. The van der Waals surface area contributed by atoms with Crippen molar-refractivity contribution in [2.24, 2.45) is 5.73 Å². The number of rotatable bonds is 2. The number of hydrogen-bond acceptors (Lipinski definition) is 4. The Bertz CT molecular complexity index is 422. The van der Waals surface area contributed by atoms with Crippen molar-refractivity contribution in [3.8, 4) is 6.07 Å². The highest BCUT2D eigenvalue weighted by Crippen LogP contribution is 2.03. The van der Waals surface area contributed by atoms with Crippen molar-refractivity contribution in [1.82, 2.24) is 4.98 Å². The fourth-order valence-corrected chi connectivity index (χ4v) is 0.959. The molecule has 0 aliphatic carbocycles. The molecular formula is C10H10N4. The number of nitrogens with zero attached hydrogens (tertiary/aromatic N) is 2. The molecule has 0 saturated heterocycles. The lowest BCUT2D eigenvalue weighted by atomic mass is 10.1. The highest BCUT2D eigenvalue weighted by Gasteiger charge is 2.00. The summed E-state index contributed by atoms with van der Waals surface area (Å²) in [5.41, 5.74) is 7.28. The molecule has 1 rings (SSSR count). The third-order valence-electron chi connectivity index (χ3n) is 1.55. The molecule has 4 heteroatoms. The summed E-state index contributed by atoms with van der Waals surface area (Å²) in [6.07, 6.45) is 4.51. The summed E-state index contributed by atoms with van der Waals surface area (Å²) in [5, 5.41) is 16.3. The molecule has 0 atom stereocenters. The van der Waals surface area contributed by atoms with Gasteiger partial charge in [-0.25, -0.2) is 0 Å². The Morgan fingerprint density at radius 2 is 2.36 bits per heavy atom. The van der Waals surface area contributed by atoms with E-state index in [1.807, 2.05) is 6.07 Å². The number of nitrogens with one attached hydrogen (secondary N) is 1. The molecule has 0 fully saturated rings. The summed E-state index contributed by atoms with van der Waals surface area (Å²) < 4.78 is 0. The van der Waals surface area contributed by atoms with Crippen LogP contribution in [-0.4, -0.2) is 10.7 Å². The first kappa shape index (κ1) is 9.93. The van der Waals surface area contributed by atoms with E-state index in [9.17, 15) is 0 Å². The summed E-state index contributed by atoms with van der Waals surface area (Å²) in [4.78, 5) is 3.85. The smallest absolute Gasteiger partial charge is 0.101 e. The highest BCUT2D eigenvalue weighted by molar-refractivity contribution is 6.06. The topological polar surface area (TPSA) is 86.6 Å². The van der Waals surface area contributed by atoms with Gasteiger partial charge in [0.2, 0.25) is 0 Å². The zero-order valence-corrected chi connectivity index (χ0v) is 7.78. The fraction of sp³-hybridized carbons (Fsp3) is 0.100. The molecule has 0 aliphatic rings. The van der Waals surface area contributed by atoms with Crippen LogP contribution in [0.25, 0.3) is 0 Å². The van der Waals surface area contributed by atoms with E-state index in [2.05, 4.69) is 4.98 Å². The third-order valence-corrected chi connectivity index (χ3v) is 1.55. The molecule has 0 spiro atoms. The SMILES string of the molecule is C/C(N)=C\C(=N)c1cncc(C#N)c1. The van der Waals surface area contributed by atoms with Crippen LogP contribution >= 0.6 is 0 Å². The van der Waals surface area contributed by atoms with E-state index in [1.54, 1.807) is 13.0 Å². The van der Waals surface area contributed by atoms with E-state index in [0.29, 0.717) is 16.8 Å². The highest BCUT2D eigenvalue weighted by atomic mass is 14.6. The van der Waals surface area contributed by atoms with Gasteiger partial charge in [0.1, 0.15) is 6.07 Å². The lowest BCUT2D eigenvalue weighted by Crippen LogP contribution is -2.01. The van der Waals surface area contributed by atoms with Gasteiger partial charge in [0.25, 0.3) is 0 Å². The average molecular weight is 186 g/mol. The van der Waals surface area contributed by atoms with E-state index >= 15 is 0 Å². The van der Waals surface area contributed by atoms with Crippen LogP contribution in [-0.2, 0) is 0 Å². The monoisotopic (exact) mass is 186 g/mol. The van der Waals surface area contributed by atoms with Crippen molar-refractivity contribution in [3.63, 3.8) is 0 Å². The van der Waals surface area contributed by atoms with Gasteiger partial charge in [0, 0.05) is 23.7 Å². The van der Waals surface area contributed by atoms with Gasteiger partial charge in [0.15, 0.2) is 0 Å². The van der Waals surface area contributed by atoms with Gasteiger partial charge in [-0.3, -0.25) is 4.98 Å². The summed E-state index contributed by atoms with van der Waals surface area (Å²) in [5.74, 6) is 0. The van der Waals surface area contributed by atoms with Crippen molar-refractivity contribution in [2.75, 3.05) is 0 Å². The predicted octanol–water partition coefficient (Wildman–Crippen LogP) is 1.18. The quantitative estimate of drug-likeness (QED) is 0.680. The molecule has 0 amide bonds. The molecule has 0 bridgehead atoms. The molecule has 0 radical (unpaired) electrons. The zero-order chi connectivity index (χ0) is 10.6. The molecule has 70 valence electrons. The first-order valence-electron chi connectivity index (χ1n) is 4.01. The van der Waals surface area contributed by atoms with E-state index in [0.717, 1.165) is 0 Å². The Morgan fingerprint density at radius 3 is 2.93 bits per heavy atom. The van der Waals surface area contributed by atoms with E-state index in [1.165, 1.54) is 18.5 Å². The summed E-state index contributed by atoms with van der Waals surface area (Å²) in [6, 6.07) is 3.57. The Kier molecular flexibility index (Phi) is 2.97. The van der Waals surface area contributed by atoms with E-state index in [-0.39, 0.29) is 5.71 Å². The van der Waals surface area contributed by atoms with Crippen LogP contribution in [0.3, 0.4) is 0 Å². The number of nitrogens with two attached hydrogens (primary N) is 1. The van der Waals surface area contributed by atoms with Crippen molar-refractivity contribution in [3.05, 3.63) is 41.4 Å². The zero-order valence-electron chi connectivity index (χ0n) is 7.78. The standard InChI is InChI=1S/C10H10N4/c1-7(12)2-10(13)9-3-8(4-11)5-14-6-9/h2-3,5-6,13H,12H2,1H3/b7-2+,13-10?. The van der Waals surface area contributed by atoms with Crippen molar-refractivity contribution >= 4 is 5.71 Å². The first-order valence-corrected chi connectivity index (χ1v) is 4.01. The maximum atomic E-state index is 8.63. The van der Waals surface area contributed by atoms with Crippen LogP contribution in [0.2, 0.25) is 0 Å². The Balaban J connectivity index is 3.03. The van der Waals surface area contributed by atoms with Crippen LogP contribution < -0.4 is 5.73 Å². The minimum absolute atomic E-state index is 0.259. The van der Waals surface area contributed by atoms with Gasteiger partial charge < -0.3 is 11.1 Å². The lowest BCUT2D eigenvalue weighted by Gasteiger charge is -1.98. The van der Waals surface area contributed by atoms with Crippen LogP contribution in [0.5, 0.6) is 0 Å². The summed E-state index contributed by atoms with van der Waals surface area (Å²) >= 11 is 0. The van der Waals surface area contributed by atoms with Gasteiger partial charge in [-0.1, -0.05) is 0 Å². The van der Waals surface area contributed by atoms with Gasteiger partial charge in [-0.2, -0.15) is 5.26 Å². The molecule has 3 N–H and O–H groups in total. The molecule has 1 aromatic rings. The first-order chi connectivity index (χ1) is 6.63. The largest absolute Gasteiger partial charge is 0.402 e. The van der Waals surface area contributed by atoms with Gasteiger partial charge in [-0.15, -0.1) is 0 Å². The normalized spacial score (nSPS) is 10.7. The lowest BCUT2D eigenvalue weighted by molar-refractivity contribution is 1.27. The molecule has 0 saturated carbocycles. The maximum absolute atomic E-state index is 8.63. The fourth-order valence-electron chi connectivity index (χ4n) is 0.959. The van der Waals surface area contributed by atoms with Gasteiger partial charge >= 0.3 is 0 Å². The molecule has 1 heterocycles. The van der Waals surface area contributed by atoms with Crippen LogP contribution in [0.4, 0.5) is 0 Å². The number of nitriles is 1. The van der Waals surface area contributed by atoms with Gasteiger partial charge in [-0.05, 0) is 19.1 Å². The van der Waals surface area contributed by atoms with E-state index in [4.69, 9.17) is 16.4 Å². The summed E-state index contributed by atoms with van der Waals surface area (Å²) in [6.45, 7) is 1.70. The summed E-state index contributed by atoms with van der Waals surface area (Å²) in [7, 11) is 0. The Morgan fingerprint density at radius 1 is 1.64 bits per heavy atom. The number of allylic oxidation sites excluding steroid dienone is 2. The maximum Gasteiger partial charge on any atom is 0.101 e. The number of pyridine rings is 1. The molecule has 1 aromatic heterocycles. The molecular weight excluding hydrogens is 176 g/mol. The minimum atomic E-state index is 0.259. The third kappa shape index (κ3) is 2.42. The second kappa shape index (κ2) is 4.19. The number of aromatic nitrogens is 1. The molecule has 14 heavy (non-hydrogen) atoms. The average Bonchev–Trinajstić information content (AvgIpc) is 2.17. The molecule has 0 aromatic carbocycles. The van der Waals surface area contributed by atoms with Crippen molar-refractivity contribution < 1.29 is 0 Å². The Labute approximate surface area is 82.2 Å². The predicted molar refractivity (Wildman–Crippen MR) is 53.7 cm³/mol. The van der Waals surface area contributed by atoms with Crippen LogP contribution in [0.15, 0.2) is 30.2 Å². The molecule has 4 nitrogen and oxygen atoms in total. The number of hydrogen-bond donors (Lipinski definition) is 2. The van der Waals surface area contributed by atoms with Crippen molar-refractivity contribution in [2.45, 2.75) is 6.92 Å². The minimum Gasteiger partial charge on any atom is -0.402 e.